The van der Waals surface area contributed by atoms with E-state index in [1.165, 1.54) is 85.6 Å². The van der Waals surface area contributed by atoms with Gasteiger partial charge in [0.2, 0.25) is 10.0 Å². The number of anilines is 1. The molecule has 0 aliphatic carbocycles. The monoisotopic (exact) mass is 2300 g/mol. The molecule has 5 aromatic carbocycles. The van der Waals surface area contributed by atoms with Crippen LogP contribution >= 0.6 is 75.3 Å². The van der Waals surface area contributed by atoms with E-state index in [9.17, 15) is 50.0 Å². The van der Waals surface area contributed by atoms with Crippen molar-refractivity contribution in [1.29, 1.82) is 0 Å². The Morgan fingerprint density at radius 3 is 0.926 bits per heavy atom. The van der Waals surface area contributed by atoms with Crippen LogP contribution in [-0.4, -0.2) is 143 Å². The number of carbonyl (C=O) groups excluding carboxylic acids is 5. The standard InChI is InChI=1S/C22H19BrClN5O.C22H19BrFN5O.2C21H17BrFN5O.C20H17FN6O3S/c1-2-3-19(14-8-9-26-21(23)10-14)28-22(30)18-11-25-13-20-17(18)12-27-29(20)16-6-4-15(24)5-7-16;1-2-3-20(14-8-15(23)10-25-9-14)28-22(30)19-11-26-13-21-18(19)12-27-29(21)17-6-4-16(24)5-7-17;2*1-2-19(13-7-14(22)9-24-8-13)27-21(29)18-10-25-12-20-17(18)11-26-28(20)16-5-3-15(23)4-6-16;1-31(29,30)26-19-8-13(6-7-23-19)9-24-20(28)17-10-22-12-18-16(17)11-25-27(18)15-4-2-14(21)3-5-15/h4-13,19H,2-3H2,1H3,(H,28,30);4-13,20H,2-3H2,1H3,(H,28,30);2*3-12,19H,2H2,1H3,(H,27,29);2-8,10-12H,9H2,1H3,(H,23,26)(H,24,28)/t;;2*19-;/m..10./s1. The van der Waals surface area contributed by atoms with Gasteiger partial charge in [0.1, 0.15) is 33.7 Å². The predicted molar refractivity (Wildman–Crippen MR) is 572 cm³/mol. The third-order valence-electron chi connectivity index (χ3n) is 23.4. The van der Waals surface area contributed by atoms with Crippen LogP contribution in [0.4, 0.5) is 23.4 Å². The topological polar surface area (TPSA) is 410 Å². The van der Waals surface area contributed by atoms with Crippen molar-refractivity contribution in [1.82, 2.24) is 125 Å². The van der Waals surface area contributed by atoms with Crippen LogP contribution in [-0.2, 0) is 16.6 Å². The minimum Gasteiger partial charge on any atom is -0.348 e. The minimum absolute atomic E-state index is 0.122. The number of halogens is 9. The molecule has 0 fully saturated rings. The Labute approximate surface area is 888 Å². The summed E-state index contributed by atoms with van der Waals surface area (Å²) in [6, 6.07) is 43.4. The quantitative estimate of drug-likeness (QED) is 0.0196. The fourth-order valence-corrected chi connectivity index (χ4v) is 18.3. The summed E-state index contributed by atoms with van der Waals surface area (Å²) in [5.41, 5.74) is 13.4. The van der Waals surface area contributed by atoms with Crippen LogP contribution in [0, 0.1) is 23.3 Å². The smallest absolute Gasteiger partial charge is 0.254 e. The molecule has 15 aromatic heterocycles. The largest absolute Gasteiger partial charge is 0.348 e. The Morgan fingerprint density at radius 1 is 0.336 bits per heavy atom. The highest BCUT2D eigenvalue weighted by Crippen LogP contribution is 2.33. The lowest BCUT2D eigenvalue weighted by atomic mass is 10.0. The molecule has 0 saturated carbocycles. The Morgan fingerprint density at radius 2 is 0.624 bits per heavy atom. The first-order valence-electron chi connectivity index (χ1n) is 46.3. The second-order valence-corrected chi connectivity index (χ2v) is 39.3. The Balaban J connectivity index is 0.000000133. The summed E-state index contributed by atoms with van der Waals surface area (Å²) in [5.74, 6) is -2.43. The second kappa shape index (κ2) is 49.0. The number of benzene rings is 5. The summed E-state index contributed by atoms with van der Waals surface area (Å²) in [7, 11) is -3.45. The average Bonchev–Trinajstić information content (AvgIpc) is 1.66. The Bertz CT molecular complexity index is 7980. The minimum atomic E-state index is -3.45. The average molecular weight is 2300 g/mol. The molecule has 149 heavy (non-hydrogen) atoms. The summed E-state index contributed by atoms with van der Waals surface area (Å²) < 4.78 is 89.5. The first-order chi connectivity index (χ1) is 72.1. The zero-order chi connectivity index (χ0) is 105. The van der Waals surface area contributed by atoms with Crippen molar-refractivity contribution in [3.63, 3.8) is 0 Å². The van der Waals surface area contributed by atoms with E-state index in [0.29, 0.717) is 118 Å². The number of hydrogen-bond acceptors (Lipinski definition) is 22. The summed E-state index contributed by atoms with van der Waals surface area (Å²) in [5, 5.41) is 41.0. The van der Waals surface area contributed by atoms with E-state index < -0.39 is 10.0 Å². The number of fused-ring (bicyclic) bond motifs is 5. The van der Waals surface area contributed by atoms with Crippen molar-refractivity contribution in [3.8, 4) is 28.4 Å². The van der Waals surface area contributed by atoms with E-state index in [4.69, 9.17) is 11.6 Å². The van der Waals surface area contributed by atoms with E-state index in [1.807, 2.05) is 56.3 Å². The summed E-state index contributed by atoms with van der Waals surface area (Å²) in [6.45, 7) is 8.31. The molecule has 0 aliphatic heterocycles. The second-order valence-electron chi connectivity index (χ2n) is 33.6. The van der Waals surface area contributed by atoms with Crippen molar-refractivity contribution in [2.24, 2.45) is 0 Å². The lowest BCUT2D eigenvalue weighted by molar-refractivity contribution is 0.0927. The van der Waals surface area contributed by atoms with Gasteiger partial charge >= 0.3 is 0 Å². The van der Waals surface area contributed by atoms with E-state index in [0.717, 1.165) is 88.8 Å². The van der Waals surface area contributed by atoms with Gasteiger partial charge in [-0.25, -0.2) is 59.4 Å². The zero-order valence-corrected chi connectivity index (χ0v) is 87.7. The van der Waals surface area contributed by atoms with Gasteiger partial charge in [-0.3, -0.25) is 68.6 Å². The van der Waals surface area contributed by atoms with E-state index in [2.05, 4.69) is 184 Å². The van der Waals surface area contributed by atoms with Crippen LogP contribution in [0.5, 0.6) is 0 Å². The lowest BCUT2D eigenvalue weighted by Crippen LogP contribution is -2.28. The summed E-state index contributed by atoms with van der Waals surface area (Å²) in [6.07, 6.45) is 43.4. The van der Waals surface area contributed by atoms with Gasteiger partial charge in [-0.2, -0.15) is 25.5 Å². The molecule has 2 unspecified atom stereocenters. The molecule has 0 aliphatic rings. The third kappa shape index (κ3) is 26.3. The molecular formula is C106H89Br4ClF4N26O7S. The van der Waals surface area contributed by atoms with Crippen LogP contribution in [0.3, 0.4) is 0 Å². The van der Waals surface area contributed by atoms with E-state index >= 15 is 0 Å². The first kappa shape index (κ1) is 106. The van der Waals surface area contributed by atoms with Crippen LogP contribution in [0.2, 0.25) is 5.02 Å². The SMILES string of the molecule is CCCC(NC(=O)c1cncc2c1cnn2-c1ccc(Cl)cc1)c1ccnc(Br)c1.CCCC(NC(=O)c1cncc2c1cnn2-c1ccc(F)cc1)c1cncc(Br)c1.CC[C@@H](NC(=O)c1cncc2c1cnn2-c1ccc(F)cc1)c1cncc(Br)c1.CC[C@H](NC(=O)c1cncc2c1cnn2-c1ccc(F)cc1)c1cncc(Br)c1.CS(=O)(=O)Nc1cc(CNC(=O)c2cncc3c2cnn3-c2ccc(F)cc2)ccn1. The van der Waals surface area contributed by atoms with Gasteiger partial charge in [0.15, 0.2) is 0 Å². The highest BCUT2D eigenvalue weighted by Gasteiger charge is 2.27. The van der Waals surface area contributed by atoms with Gasteiger partial charge in [-0.1, -0.05) is 52.1 Å². The van der Waals surface area contributed by atoms with Gasteiger partial charge in [0.05, 0.1) is 176 Å². The molecule has 15 heterocycles. The highest BCUT2D eigenvalue weighted by atomic mass is 79.9. The number of nitrogens with zero attached hydrogens (tertiary/aromatic N) is 20. The number of amides is 5. The van der Waals surface area contributed by atoms with Gasteiger partial charge in [0, 0.05) is 132 Å². The van der Waals surface area contributed by atoms with Gasteiger partial charge in [-0.15, -0.1) is 0 Å². The molecule has 0 spiro atoms. The zero-order valence-electron chi connectivity index (χ0n) is 79.7. The molecule has 5 amide bonds. The van der Waals surface area contributed by atoms with Crippen LogP contribution < -0.4 is 31.3 Å². The number of pyridine rings is 10. The van der Waals surface area contributed by atoms with Crippen molar-refractivity contribution in [2.75, 3.05) is 11.0 Å². The molecule has 754 valence electrons. The molecule has 6 N–H and O–H groups in total. The maximum absolute atomic E-state index is 13.3. The molecular weight excluding hydrogens is 2210 g/mol. The molecule has 20 aromatic rings. The predicted octanol–water partition coefficient (Wildman–Crippen LogP) is 21.9. The van der Waals surface area contributed by atoms with E-state index in [1.54, 1.807) is 202 Å². The number of sulfonamides is 1. The number of nitrogens with one attached hydrogen (secondary N) is 6. The van der Waals surface area contributed by atoms with Crippen molar-refractivity contribution >= 4 is 175 Å². The number of carbonyl (C=O) groups is 5. The fourth-order valence-electron chi connectivity index (χ4n) is 16.2. The Kier molecular flexibility index (Phi) is 34.8. The van der Waals surface area contributed by atoms with Crippen molar-refractivity contribution in [3.05, 3.63) is 408 Å². The normalized spacial score (nSPS) is 12.0. The molecule has 20 rings (SSSR count). The van der Waals surface area contributed by atoms with Crippen molar-refractivity contribution < 1.29 is 50.0 Å². The fraction of sp³-hybridized carbons (Fsp3) is 0.151. The van der Waals surface area contributed by atoms with E-state index in [-0.39, 0.29) is 89.3 Å². The van der Waals surface area contributed by atoms with Crippen LogP contribution in [0.25, 0.3) is 83.0 Å². The third-order valence-corrected chi connectivity index (χ3v) is 25.9. The number of rotatable bonds is 28. The van der Waals surface area contributed by atoms with Crippen LogP contribution in [0.1, 0.15) is 170 Å². The summed E-state index contributed by atoms with van der Waals surface area (Å²) in [4.78, 5) is 107. The van der Waals surface area contributed by atoms with Gasteiger partial charge in [0.25, 0.3) is 29.5 Å². The van der Waals surface area contributed by atoms with Gasteiger partial charge in [-0.05, 0) is 281 Å². The molecule has 0 bridgehead atoms. The van der Waals surface area contributed by atoms with Gasteiger partial charge < -0.3 is 26.6 Å². The molecule has 43 heteroatoms. The molecule has 0 radical (unpaired) electrons. The molecule has 0 saturated heterocycles. The number of hydrogen-bond donors (Lipinski definition) is 6. The lowest BCUT2D eigenvalue weighted by Gasteiger charge is -2.19. The van der Waals surface area contributed by atoms with Crippen LogP contribution in [0.15, 0.2) is 324 Å². The summed E-state index contributed by atoms with van der Waals surface area (Å²) >= 11 is 19.7. The molecule has 33 nitrogen and oxygen atoms in total. The number of aromatic nitrogens is 20. The maximum atomic E-state index is 13.3. The maximum Gasteiger partial charge on any atom is 0.254 e. The highest BCUT2D eigenvalue weighted by molar-refractivity contribution is 9.11. The molecule has 4 atom stereocenters. The van der Waals surface area contributed by atoms with Crippen molar-refractivity contribution in [2.45, 2.75) is 96.9 Å². The first-order valence-corrected chi connectivity index (χ1v) is 51.8. The Hall–Kier alpha value is -16.0.